The van der Waals surface area contributed by atoms with E-state index < -0.39 is 0 Å². The summed E-state index contributed by atoms with van der Waals surface area (Å²) < 4.78 is 6.72. The first-order valence-electron chi connectivity index (χ1n) is 7.39. The minimum absolute atomic E-state index is 0.314. The Morgan fingerprint density at radius 1 is 1.05 bits per heavy atom. The lowest BCUT2D eigenvalue weighted by Gasteiger charge is -2.15. The summed E-state index contributed by atoms with van der Waals surface area (Å²) in [6, 6.07) is 17.1. The maximum Gasteiger partial charge on any atom is 0.119 e. The zero-order valence-electron chi connectivity index (χ0n) is 12.6. The van der Waals surface area contributed by atoms with Gasteiger partial charge in [-0.1, -0.05) is 47.1 Å². The highest BCUT2D eigenvalue weighted by Crippen LogP contribution is 2.18. The van der Waals surface area contributed by atoms with Crippen LogP contribution in [-0.2, 0) is 6.54 Å². The summed E-state index contributed by atoms with van der Waals surface area (Å²) in [5, 5.41) is 3.54. The minimum Gasteiger partial charge on any atom is -0.494 e. The highest BCUT2D eigenvalue weighted by atomic mass is 79.9. The molecule has 2 aromatic rings. The highest BCUT2D eigenvalue weighted by Gasteiger charge is 2.05. The fourth-order valence-corrected chi connectivity index (χ4v) is 2.33. The number of halogens is 1. The molecule has 0 aliphatic rings. The fraction of sp³-hybridized carbons (Fsp3) is 0.333. The Hall–Kier alpha value is -1.32. The Balaban J connectivity index is 1.87. The van der Waals surface area contributed by atoms with Gasteiger partial charge >= 0.3 is 0 Å². The molecule has 0 bridgehead atoms. The lowest BCUT2D eigenvalue weighted by Crippen LogP contribution is -2.17. The predicted molar refractivity (Wildman–Crippen MR) is 91.6 cm³/mol. The third-order valence-electron chi connectivity index (χ3n) is 3.38. The van der Waals surface area contributed by atoms with Gasteiger partial charge in [0.1, 0.15) is 5.75 Å². The molecule has 2 aromatic carbocycles. The van der Waals surface area contributed by atoms with Gasteiger partial charge in [0.15, 0.2) is 0 Å². The summed E-state index contributed by atoms with van der Waals surface area (Å²) >= 11 is 3.45. The van der Waals surface area contributed by atoms with Crippen molar-refractivity contribution in [2.24, 2.45) is 0 Å². The molecule has 0 saturated carbocycles. The van der Waals surface area contributed by atoms with E-state index in [-0.39, 0.29) is 0 Å². The summed E-state index contributed by atoms with van der Waals surface area (Å²) in [7, 11) is 0. The summed E-state index contributed by atoms with van der Waals surface area (Å²) in [5.74, 6) is 0.945. The monoisotopic (exact) mass is 347 g/mol. The van der Waals surface area contributed by atoms with Crippen LogP contribution < -0.4 is 10.1 Å². The van der Waals surface area contributed by atoms with Crippen molar-refractivity contribution in [3.8, 4) is 5.75 Å². The van der Waals surface area contributed by atoms with Gasteiger partial charge < -0.3 is 10.1 Å². The molecule has 1 atom stereocenters. The number of nitrogens with one attached hydrogen (secondary N) is 1. The van der Waals surface area contributed by atoms with Crippen molar-refractivity contribution in [3.05, 3.63) is 64.1 Å². The third kappa shape index (κ3) is 5.18. The van der Waals surface area contributed by atoms with Crippen molar-refractivity contribution in [2.75, 3.05) is 6.61 Å². The molecule has 3 heteroatoms. The standard InChI is InChI=1S/C18H22BrNO/c1-3-12-21-18-10-6-16(7-11-18)14(2)20-13-15-4-8-17(19)9-5-15/h4-11,14,20H,3,12-13H2,1-2H3. The van der Waals surface area contributed by atoms with Gasteiger partial charge in [-0.2, -0.15) is 0 Å². The molecule has 1 unspecified atom stereocenters. The fourth-order valence-electron chi connectivity index (χ4n) is 2.06. The lowest BCUT2D eigenvalue weighted by atomic mass is 10.1. The Kier molecular flexibility index (Phi) is 6.27. The normalized spacial score (nSPS) is 12.1. The molecule has 0 heterocycles. The van der Waals surface area contributed by atoms with Gasteiger partial charge in [0.05, 0.1) is 6.61 Å². The smallest absolute Gasteiger partial charge is 0.119 e. The van der Waals surface area contributed by atoms with Crippen LogP contribution in [0.25, 0.3) is 0 Å². The highest BCUT2D eigenvalue weighted by molar-refractivity contribution is 9.10. The zero-order valence-corrected chi connectivity index (χ0v) is 14.2. The Bertz CT molecular complexity index is 536. The molecule has 2 rings (SSSR count). The van der Waals surface area contributed by atoms with Crippen LogP contribution in [0, 0.1) is 0 Å². The lowest BCUT2D eigenvalue weighted by molar-refractivity contribution is 0.317. The maximum absolute atomic E-state index is 5.61. The number of benzene rings is 2. The van der Waals surface area contributed by atoms with Crippen molar-refractivity contribution in [2.45, 2.75) is 32.9 Å². The van der Waals surface area contributed by atoms with Crippen LogP contribution in [0.4, 0.5) is 0 Å². The second-order valence-electron chi connectivity index (χ2n) is 5.15. The van der Waals surface area contributed by atoms with Crippen molar-refractivity contribution in [1.29, 1.82) is 0 Å². The quantitative estimate of drug-likeness (QED) is 0.753. The SMILES string of the molecule is CCCOc1ccc(C(C)NCc2ccc(Br)cc2)cc1. The number of rotatable bonds is 7. The van der Waals surface area contributed by atoms with E-state index in [1.54, 1.807) is 0 Å². The summed E-state index contributed by atoms with van der Waals surface area (Å²) in [5.41, 5.74) is 2.56. The van der Waals surface area contributed by atoms with Gasteiger partial charge in [-0.25, -0.2) is 0 Å². The third-order valence-corrected chi connectivity index (χ3v) is 3.91. The Labute approximate surface area is 135 Å². The van der Waals surface area contributed by atoms with E-state index in [1.165, 1.54) is 11.1 Å². The van der Waals surface area contributed by atoms with Crippen LogP contribution in [0.1, 0.15) is 37.4 Å². The largest absolute Gasteiger partial charge is 0.494 e. The van der Waals surface area contributed by atoms with E-state index in [2.05, 4.69) is 71.5 Å². The zero-order chi connectivity index (χ0) is 15.1. The first-order chi connectivity index (χ1) is 10.2. The van der Waals surface area contributed by atoms with Crippen LogP contribution in [0.2, 0.25) is 0 Å². The van der Waals surface area contributed by atoms with E-state index in [0.717, 1.165) is 29.8 Å². The molecule has 0 saturated heterocycles. The first-order valence-corrected chi connectivity index (χ1v) is 8.19. The number of ether oxygens (including phenoxy) is 1. The van der Waals surface area contributed by atoms with Crippen molar-refractivity contribution in [3.63, 3.8) is 0 Å². The van der Waals surface area contributed by atoms with Crippen molar-refractivity contribution < 1.29 is 4.74 Å². The molecule has 0 radical (unpaired) electrons. The van der Waals surface area contributed by atoms with Crippen LogP contribution >= 0.6 is 15.9 Å². The van der Waals surface area contributed by atoms with Gasteiger partial charge in [-0.15, -0.1) is 0 Å². The van der Waals surface area contributed by atoms with E-state index in [1.807, 2.05) is 12.1 Å². The van der Waals surface area contributed by atoms with E-state index >= 15 is 0 Å². The van der Waals surface area contributed by atoms with Crippen LogP contribution in [0.15, 0.2) is 53.0 Å². The van der Waals surface area contributed by atoms with Gasteiger partial charge in [0.2, 0.25) is 0 Å². The molecule has 1 N–H and O–H groups in total. The van der Waals surface area contributed by atoms with Gasteiger partial charge in [0.25, 0.3) is 0 Å². The number of hydrogen-bond donors (Lipinski definition) is 1. The Morgan fingerprint density at radius 3 is 2.33 bits per heavy atom. The molecule has 0 spiro atoms. The topological polar surface area (TPSA) is 21.3 Å². The van der Waals surface area contributed by atoms with Gasteiger partial charge in [-0.05, 0) is 48.7 Å². The molecular formula is C18H22BrNO. The predicted octanol–water partition coefficient (Wildman–Crippen LogP) is 5.09. The molecule has 0 fully saturated rings. The number of hydrogen-bond acceptors (Lipinski definition) is 2. The van der Waals surface area contributed by atoms with Crippen LogP contribution in [-0.4, -0.2) is 6.61 Å². The second kappa shape index (κ2) is 8.20. The summed E-state index contributed by atoms with van der Waals surface area (Å²) in [6.07, 6.45) is 1.03. The van der Waals surface area contributed by atoms with Crippen molar-refractivity contribution in [1.82, 2.24) is 5.32 Å². The van der Waals surface area contributed by atoms with E-state index in [4.69, 9.17) is 4.74 Å². The van der Waals surface area contributed by atoms with Crippen molar-refractivity contribution >= 4 is 15.9 Å². The minimum atomic E-state index is 0.314. The van der Waals surface area contributed by atoms with Gasteiger partial charge in [0, 0.05) is 17.1 Å². The van der Waals surface area contributed by atoms with Crippen LogP contribution in [0.3, 0.4) is 0 Å². The summed E-state index contributed by atoms with van der Waals surface area (Å²) in [6.45, 7) is 5.93. The molecule has 0 aromatic heterocycles. The van der Waals surface area contributed by atoms with Crippen LogP contribution in [0.5, 0.6) is 5.75 Å². The molecule has 112 valence electrons. The first kappa shape index (κ1) is 16.1. The molecule has 0 aliphatic carbocycles. The van der Waals surface area contributed by atoms with E-state index in [0.29, 0.717) is 6.04 Å². The second-order valence-corrected chi connectivity index (χ2v) is 6.06. The molecule has 21 heavy (non-hydrogen) atoms. The molecule has 0 amide bonds. The summed E-state index contributed by atoms with van der Waals surface area (Å²) in [4.78, 5) is 0. The van der Waals surface area contributed by atoms with Gasteiger partial charge in [-0.3, -0.25) is 0 Å². The molecule has 0 aliphatic heterocycles. The Morgan fingerprint density at radius 2 is 1.71 bits per heavy atom. The molecule has 2 nitrogen and oxygen atoms in total. The maximum atomic E-state index is 5.61. The molecular weight excluding hydrogens is 326 g/mol. The average molecular weight is 348 g/mol. The average Bonchev–Trinajstić information content (AvgIpc) is 2.52. The van der Waals surface area contributed by atoms with E-state index in [9.17, 15) is 0 Å².